The zero-order valence-electron chi connectivity index (χ0n) is 17.4. The Morgan fingerprint density at radius 1 is 1.00 bits per heavy atom. The maximum absolute atomic E-state index is 4.90. The standard InChI is InChI=1S/C24H31N5/c1-3-25-24(26-15-14-21-17-28-29(2)19-21)27-18-23(22-12-8-5-9-13-22)16-20-10-6-4-7-11-20/h4-13,17,19,23H,3,14-16,18H2,1-2H3,(H2,25,26,27). The minimum absolute atomic E-state index is 0.340. The fourth-order valence-corrected chi connectivity index (χ4v) is 3.38. The maximum atomic E-state index is 4.90. The van der Waals surface area contributed by atoms with Crippen LogP contribution in [0.15, 0.2) is 78.0 Å². The van der Waals surface area contributed by atoms with Crippen molar-refractivity contribution in [2.24, 2.45) is 12.0 Å². The predicted molar refractivity (Wildman–Crippen MR) is 120 cm³/mol. The molecule has 0 aliphatic heterocycles. The first-order valence-electron chi connectivity index (χ1n) is 10.3. The van der Waals surface area contributed by atoms with Gasteiger partial charge in [-0.2, -0.15) is 5.10 Å². The lowest BCUT2D eigenvalue weighted by atomic mass is 9.92. The van der Waals surface area contributed by atoms with Crippen molar-refractivity contribution in [3.63, 3.8) is 0 Å². The van der Waals surface area contributed by atoms with E-state index in [1.807, 2.05) is 17.9 Å². The molecule has 1 atom stereocenters. The monoisotopic (exact) mass is 389 g/mol. The highest BCUT2D eigenvalue weighted by Crippen LogP contribution is 2.21. The van der Waals surface area contributed by atoms with Gasteiger partial charge in [0.2, 0.25) is 0 Å². The van der Waals surface area contributed by atoms with Crippen LogP contribution in [0.4, 0.5) is 0 Å². The molecule has 0 aliphatic carbocycles. The van der Waals surface area contributed by atoms with Crippen molar-refractivity contribution in [1.29, 1.82) is 0 Å². The Kier molecular flexibility index (Phi) is 7.87. The van der Waals surface area contributed by atoms with E-state index in [9.17, 15) is 0 Å². The lowest BCUT2D eigenvalue weighted by molar-refractivity contribution is 0.685. The molecule has 29 heavy (non-hydrogen) atoms. The number of hydrogen-bond acceptors (Lipinski definition) is 2. The molecule has 3 rings (SSSR count). The van der Waals surface area contributed by atoms with Gasteiger partial charge in [-0.15, -0.1) is 0 Å². The second-order valence-electron chi connectivity index (χ2n) is 7.22. The second kappa shape index (κ2) is 11.1. The summed E-state index contributed by atoms with van der Waals surface area (Å²) >= 11 is 0. The van der Waals surface area contributed by atoms with Gasteiger partial charge in [0, 0.05) is 38.8 Å². The van der Waals surface area contributed by atoms with Gasteiger partial charge in [-0.05, 0) is 36.5 Å². The van der Waals surface area contributed by atoms with Crippen LogP contribution in [0, 0.1) is 0 Å². The van der Waals surface area contributed by atoms with Crippen LogP contribution in [0.25, 0.3) is 0 Å². The summed E-state index contributed by atoms with van der Waals surface area (Å²) in [4.78, 5) is 4.90. The molecule has 1 unspecified atom stereocenters. The minimum Gasteiger partial charge on any atom is -0.357 e. The topological polar surface area (TPSA) is 54.2 Å². The number of nitrogens with zero attached hydrogens (tertiary/aromatic N) is 3. The number of rotatable bonds is 9. The predicted octanol–water partition coefficient (Wildman–Crippen LogP) is 3.54. The zero-order chi connectivity index (χ0) is 20.3. The average molecular weight is 390 g/mol. The van der Waals surface area contributed by atoms with E-state index in [4.69, 9.17) is 4.99 Å². The highest BCUT2D eigenvalue weighted by Gasteiger charge is 2.12. The molecule has 3 aromatic rings. The number of aliphatic imine (C=N–C) groups is 1. The quantitative estimate of drug-likeness (QED) is 0.435. The van der Waals surface area contributed by atoms with E-state index in [2.05, 4.69) is 89.5 Å². The van der Waals surface area contributed by atoms with Crippen LogP contribution in [-0.4, -0.2) is 35.4 Å². The largest absolute Gasteiger partial charge is 0.357 e. The third-order valence-corrected chi connectivity index (χ3v) is 4.87. The lowest BCUT2D eigenvalue weighted by Crippen LogP contribution is -2.38. The molecule has 1 aromatic heterocycles. The molecule has 0 saturated heterocycles. The van der Waals surface area contributed by atoms with Crippen LogP contribution < -0.4 is 10.6 Å². The Morgan fingerprint density at radius 3 is 2.38 bits per heavy atom. The second-order valence-corrected chi connectivity index (χ2v) is 7.22. The SMILES string of the molecule is CCNC(=NCC(Cc1ccccc1)c1ccccc1)NCCc1cnn(C)c1. The van der Waals surface area contributed by atoms with Crippen LogP contribution in [0.5, 0.6) is 0 Å². The smallest absolute Gasteiger partial charge is 0.191 e. The minimum atomic E-state index is 0.340. The molecule has 2 N–H and O–H groups in total. The molecule has 5 heteroatoms. The van der Waals surface area contributed by atoms with E-state index < -0.39 is 0 Å². The molecule has 0 spiro atoms. The van der Waals surface area contributed by atoms with Gasteiger partial charge in [0.1, 0.15) is 0 Å². The average Bonchev–Trinajstić information content (AvgIpc) is 3.17. The summed E-state index contributed by atoms with van der Waals surface area (Å²) in [6.07, 6.45) is 5.86. The van der Waals surface area contributed by atoms with Gasteiger partial charge >= 0.3 is 0 Å². The Hall–Kier alpha value is -3.08. The molecular formula is C24H31N5. The number of nitrogens with one attached hydrogen (secondary N) is 2. The fraction of sp³-hybridized carbons (Fsp3) is 0.333. The summed E-state index contributed by atoms with van der Waals surface area (Å²) in [6.45, 7) is 4.50. The number of aromatic nitrogens is 2. The van der Waals surface area contributed by atoms with Crippen LogP contribution in [0.1, 0.15) is 29.5 Å². The first-order valence-corrected chi connectivity index (χ1v) is 10.3. The van der Waals surface area contributed by atoms with Gasteiger partial charge in [0.25, 0.3) is 0 Å². The molecule has 1 heterocycles. The molecular weight excluding hydrogens is 358 g/mol. The van der Waals surface area contributed by atoms with Gasteiger partial charge < -0.3 is 10.6 Å². The van der Waals surface area contributed by atoms with E-state index in [0.29, 0.717) is 5.92 Å². The molecule has 0 saturated carbocycles. The molecule has 5 nitrogen and oxygen atoms in total. The van der Waals surface area contributed by atoms with Gasteiger partial charge in [-0.25, -0.2) is 0 Å². The van der Waals surface area contributed by atoms with Gasteiger partial charge in [-0.1, -0.05) is 60.7 Å². The molecule has 0 amide bonds. The Balaban J connectivity index is 1.65. The maximum Gasteiger partial charge on any atom is 0.191 e. The summed E-state index contributed by atoms with van der Waals surface area (Å²) in [5.74, 6) is 1.21. The zero-order valence-corrected chi connectivity index (χ0v) is 17.4. The van der Waals surface area contributed by atoms with Crippen molar-refractivity contribution in [3.8, 4) is 0 Å². The summed E-state index contributed by atoms with van der Waals surface area (Å²) in [5, 5.41) is 11.0. The highest BCUT2D eigenvalue weighted by molar-refractivity contribution is 5.79. The van der Waals surface area contributed by atoms with Gasteiger partial charge in [-0.3, -0.25) is 9.67 Å². The van der Waals surface area contributed by atoms with Crippen LogP contribution >= 0.6 is 0 Å². The number of hydrogen-bond donors (Lipinski definition) is 2. The van der Waals surface area contributed by atoms with Crippen molar-refractivity contribution in [3.05, 3.63) is 89.7 Å². The number of aryl methyl sites for hydroxylation is 1. The summed E-state index contributed by atoms with van der Waals surface area (Å²) < 4.78 is 1.84. The Bertz CT molecular complexity index is 871. The van der Waals surface area contributed by atoms with Crippen LogP contribution in [-0.2, 0) is 19.9 Å². The first-order chi connectivity index (χ1) is 14.2. The number of guanidine groups is 1. The first kappa shape index (κ1) is 20.6. The normalized spacial score (nSPS) is 12.6. The fourth-order valence-electron chi connectivity index (χ4n) is 3.38. The van der Waals surface area contributed by atoms with Gasteiger partial charge in [0.15, 0.2) is 5.96 Å². The summed E-state index contributed by atoms with van der Waals surface area (Å²) in [7, 11) is 1.94. The van der Waals surface area contributed by atoms with E-state index in [0.717, 1.165) is 38.4 Å². The van der Waals surface area contributed by atoms with Crippen LogP contribution in [0.2, 0.25) is 0 Å². The van der Waals surface area contributed by atoms with Crippen molar-refractivity contribution in [1.82, 2.24) is 20.4 Å². The van der Waals surface area contributed by atoms with E-state index >= 15 is 0 Å². The molecule has 0 fully saturated rings. The van der Waals surface area contributed by atoms with Crippen molar-refractivity contribution < 1.29 is 0 Å². The highest BCUT2D eigenvalue weighted by atomic mass is 15.2. The molecule has 152 valence electrons. The van der Waals surface area contributed by atoms with Crippen molar-refractivity contribution in [2.45, 2.75) is 25.7 Å². The van der Waals surface area contributed by atoms with E-state index in [1.54, 1.807) is 0 Å². The molecule has 0 radical (unpaired) electrons. The van der Waals surface area contributed by atoms with Crippen molar-refractivity contribution >= 4 is 5.96 Å². The lowest BCUT2D eigenvalue weighted by Gasteiger charge is -2.17. The Morgan fingerprint density at radius 2 is 1.72 bits per heavy atom. The third-order valence-electron chi connectivity index (χ3n) is 4.87. The summed E-state index contributed by atoms with van der Waals surface area (Å²) in [6, 6.07) is 21.3. The van der Waals surface area contributed by atoms with Gasteiger partial charge in [0.05, 0.1) is 6.20 Å². The summed E-state index contributed by atoms with van der Waals surface area (Å²) in [5.41, 5.74) is 3.89. The Labute approximate surface area is 173 Å². The molecule has 0 bridgehead atoms. The van der Waals surface area contributed by atoms with Crippen molar-refractivity contribution in [2.75, 3.05) is 19.6 Å². The van der Waals surface area contributed by atoms with Crippen LogP contribution in [0.3, 0.4) is 0 Å². The molecule has 2 aromatic carbocycles. The third kappa shape index (κ3) is 6.79. The van der Waals surface area contributed by atoms with E-state index in [-0.39, 0.29) is 0 Å². The van der Waals surface area contributed by atoms with E-state index in [1.165, 1.54) is 16.7 Å². The number of benzene rings is 2. The molecule has 0 aliphatic rings.